The molecule has 17 heavy (non-hydrogen) atoms. The number of ether oxygens (including phenoxy) is 1. The summed E-state index contributed by atoms with van der Waals surface area (Å²) in [6, 6.07) is 0. The minimum atomic E-state index is -3.27. The number of methoxy groups -OCH3 is 1. The SMILES string of the molecule is CCN(CC(C)C(=N)N)S(=O)(=O)CCCOC. The Morgan fingerprint density at radius 2 is 2.12 bits per heavy atom. The molecule has 0 saturated heterocycles. The van der Waals surface area contributed by atoms with Gasteiger partial charge in [0.2, 0.25) is 10.0 Å². The van der Waals surface area contributed by atoms with Crippen LogP contribution in [0.15, 0.2) is 0 Å². The summed E-state index contributed by atoms with van der Waals surface area (Å²) < 4.78 is 30.1. The fourth-order valence-corrected chi connectivity index (χ4v) is 2.94. The molecular formula is C10H23N3O3S. The monoisotopic (exact) mass is 265 g/mol. The number of hydrogen-bond donors (Lipinski definition) is 2. The van der Waals surface area contributed by atoms with Gasteiger partial charge in [-0.1, -0.05) is 13.8 Å². The predicted molar refractivity (Wildman–Crippen MR) is 68.6 cm³/mol. The van der Waals surface area contributed by atoms with Crippen molar-refractivity contribution < 1.29 is 13.2 Å². The molecule has 1 atom stereocenters. The Labute approximate surface area is 104 Å². The fraction of sp³-hybridized carbons (Fsp3) is 0.900. The number of nitrogens with two attached hydrogens (primary N) is 1. The van der Waals surface area contributed by atoms with Crippen LogP contribution in [0.2, 0.25) is 0 Å². The Hall–Kier alpha value is -0.660. The van der Waals surface area contributed by atoms with Crippen molar-refractivity contribution in [3.8, 4) is 0 Å². The van der Waals surface area contributed by atoms with Gasteiger partial charge in [0, 0.05) is 32.7 Å². The Balaban J connectivity index is 4.47. The molecule has 0 heterocycles. The molecule has 0 fully saturated rings. The molecule has 102 valence electrons. The Kier molecular flexibility index (Phi) is 7.33. The van der Waals surface area contributed by atoms with Gasteiger partial charge in [0.15, 0.2) is 0 Å². The molecule has 7 heteroatoms. The van der Waals surface area contributed by atoms with Crippen molar-refractivity contribution in [3.05, 3.63) is 0 Å². The number of nitrogens with zero attached hydrogens (tertiary/aromatic N) is 1. The van der Waals surface area contributed by atoms with Crippen molar-refractivity contribution in [1.29, 1.82) is 5.41 Å². The van der Waals surface area contributed by atoms with Crippen LogP contribution in [0, 0.1) is 11.3 Å². The van der Waals surface area contributed by atoms with Crippen molar-refractivity contribution in [1.82, 2.24) is 4.31 Å². The lowest BCUT2D eigenvalue weighted by molar-refractivity contribution is 0.199. The van der Waals surface area contributed by atoms with Gasteiger partial charge in [-0.3, -0.25) is 5.41 Å². The van der Waals surface area contributed by atoms with Gasteiger partial charge >= 0.3 is 0 Å². The third-order valence-corrected chi connectivity index (χ3v) is 4.50. The van der Waals surface area contributed by atoms with Crippen molar-refractivity contribution in [2.45, 2.75) is 20.3 Å². The van der Waals surface area contributed by atoms with Crippen LogP contribution in [0.3, 0.4) is 0 Å². The molecule has 1 unspecified atom stereocenters. The number of hydrogen-bond acceptors (Lipinski definition) is 4. The summed E-state index contributed by atoms with van der Waals surface area (Å²) in [6.45, 7) is 4.61. The standard InChI is InChI=1S/C10H23N3O3S/c1-4-13(8-9(2)10(11)12)17(14,15)7-5-6-16-3/h9H,4-8H2,1-3H3,(H3,11,12). The Morgan fingerprint density at radius 1 is 1.53 bits per heavy atom. The molecular weight excluding hydrogens is 242 g/mol. The van der Waals surface area contributed by atoms with Gasteiger partial charge in [0.25, 0.3) is 0 Å². The summed E-state index contributed by atoms with van der Waals surface area (Å²) in [7, 11) is -1.73. The van der Waals surface area contributed by atoms with Crippen LogP contribution in [0.4, 0.5) is 0 Å². The van der Waals surface area contributed by atoms with E-state index in [-0.39, 0.29) is 24.1 Å². The van der Waals surface area contributed by atoms with E-state index in [1.54, 1.807) is 21.0 Å². The molecule has 0 radical (unpaired) electrons. The van der Waals surface area contributed by atoms with Crippen LogP contribution in [-0.4, -0.2) is 51.1 Å². The van der Waals surface area contributed by atoms with Gasteiger partial charge in [-0.2, -0.15) is 0 Å². The van der Waals surface area contributed by atoms with E-state index < -0.39 is 10.0 Å². The smallest absolute Gasteiger partial charge is 0.214 e. The van der Waals surface area contributed by atoms with Crippen molar-refractivity contribution >= 4 is 15.9 Å². The maximum atomic E-state index is 12.0. The van der Waals surface area contributed by atoms with Gasteiger partial charge in [-0.15, -0.1) is 0 Å². The van der Waals surface area contributed by atoms with Crippen LogP contribution >= 0.6 is 0 Å². The maximum absolute atomic E-state index is 12.0. The summed E-state index contributed by atoms with van der Waals surface area (Å²) in [5.41, 5.74) is 5.35. The second-order valence-electron chi connectivity index (χ2n) is 3.97. The molecule has 0 aromatic heterocycles. The number of nitrogens with one attached hydrogen (secondary N) is 1. The zero-order valence-electron chi connectivity index (χ0n) is 10.8. The van der Waals surface area contributed by atoms with Crippen molar-refractivity contribution in [2.75, 3.05) is 32.6 Å². The molecule has 0 aliphatic carbocycles. The molecule has 0 aliphatic heterocycles. The van der Waals surface area contributed by atoms with E-state index in [0.717, 1.165) is 0 Å². The zero-order valence-corrected chi connectivity index (χ0v) is 11.6. The van der Waals surface area contributed by atoms with E-state index in [1.165, 1.54) is 4.31 Å². The predicted octanol–water partition coefficient (Wildman–Crippen LogP) is 0.247. The fourth-order valence-electron chi connectivity index (χ4n) is 1.36. The van der Waals surface area contributed by atoms with Gasteiger partial charge < -0.3 is 10.5 Å². The lowest BCUT2D eigenvalue weighted by Gasteiger charge is -2.23. The van der Waals surface area contributed by atoms with E-state index >= 15 is 0 Å². The van der Waals surface area contributed by atoms with Crippen LogP contribution in [-0.2, 0) is 14.8 Å². The van der Waals surface area contributed by atoms with E-state index in [4.69, 9.17) is 15.9 Å². The molecule has 0 spiro atoms. The molecule has 0 rings (SSSR count). The minimum absolute atomic E-state index is 0.00976. The minimum Gasteiger partial charge on any atom is -0.387 e. The van der Waals surface area contributed by atoms with Crippen molar-refractivity contribution in [2.24, 2.45) is 11.7 Å². The highest BCUT2D eigenvalue weighted by Gasteiger charge is 2.22. The van der Waals surface area contributed by atoms with Crippen LogP contribution in [0.1, 0.15) is 20.3 Å². The van der Waals surface area contributed by atoms with Gasteiger partial charge in [-0.05, 0) is 6.42 Å². The Bertz CT molecular complexity index is 330. The number of amidine groups is 1. The third-order valence-electron chi connectivity index (χ3n) is 2.51. The molecule has 3 N–H and O–H groups in total. The highest BCUT2D eigenvalue weighted by molar-refractivity contribution is 7.89. The quantitative estimate of drug-likeness (QED) is 0.355. The maximum Gasteiger partial charge on any atom is 0.214 e. The zero-order chi connectivity index (χ0) is 13.5. The van der Waals surface area contributed by atoms with Gasteiger partial charge in [0.05, 0.1) is 11.6 Å². The van der Waals surface area contributed by atoms with E-state index in [0.29, 0.717) is 19.6 Å². The lowest BCUT2D eigenvalue weighted by atomic mass is 10.1. The molecule has 0 saturated carbocycles. The topological polar surface area (TPSA) is 96.5 Å². The molecule has 0 amide bonds. The number of sulfonamides is 1. The molecule has 0 bridgehead atoms. The first-order valence-electron chi connectivity index (χ1n) is 5.65. The van der Waals surface area contributed by atoms with Crippen LogP contribution in [0.25, 0.3) is 0 Å². The van der Waals surface area contributed by atoms with Gasteiger partial charge in [0.1, 0.15) is 0 Å². The first-order chi connectivity index (χ1) is 7.85. The molecule has 0 aromatic rings. The molecule has 0 aliphatic rings. The lowest BCUT2D eigenvalue weighted by Crippen LogP contribution is -2.39. The van der Waals surface area contributed by atoms with E-state index in [9.17, 15) is 8.42 Å². The first-order valence-corrected chi connectivity index (χ1v) is 7.26. The summed E-state index contributed by atoms with van der Waals surface area (Å²) >= 11 is 0. The third kappa shape index (κ3) is 5.99. The van der Waals surface area contributed by atoms with E-state index in [1.807, 2.05) is 0 Å². The highest BCUT2D eigenvalue weighted by atomic mass is 32.2. The van der Waals surface area contributed by atoms with E-state index in [2.05, 4.69) is 0 Å². The molecule has 0 aromatic carbocycles. The average Bonchev–Trinajstić information content (AvgIpc) is 2.25. The summed E-state index contributed by atoms with van der Waals surface area (Å²) in [5.74, 6) is -0.179. The summed E-state index contributed by atoms with van der Waals surface area (Å²) in [6.07, 6.45) is 0.476. The molecule has 6 nitrogen and oxygen atoms in total. The average molecular weight is 265 g/mol. The summed E-state index contributed by atoms with van der Waals surface area (Å²) in [5, 5.41) is 7.28. The largest absolute Gasteiger partial charge is 0.387 e. The normalized spacial score (nSPS) is 13.9. The van der Waals surface area contributed by atoms with Crippen LogP contribution < -0.4 is 5.73 Å². The second-order valence-corrected chi connectivity index (χ2v) is 6.06. The van der Waals surface area contributed by atoms with Gasteiger partial charge in [-0.25, -0.2) is 12.7 Å². The highest BCUT2D eigenvalue weighted by Crippen LogP contribution is 2.07. The van der Waals surface area contributed by atoms with Crippen molar-refractivity contribution in [3.63, 3.8) is 0 Å². The first kappa shape index (κ1) is 16.3. The summed E-state index contributed by atoms with van der Waals surface area (Å²) in [4.78, 5) is 0. The van der Waals surface area contributed by atoms with Crippen LogP contribution in [0.5, 0.6) is 0 Å². The second kappa shape index (κ2) is 7.62. The Morgan fingerprint density at radius 3 is 2.53 bits per heavy atom. The number of rotatable bonds is 9.